The highest BCUT2D eigenvalue weighted by Crippen LogP contribution is 2.33. The van der Waals surface area contributed by atoms with Crippen LogP contribution < -0.4 is 10.3 Å². The number of ether oxygens (including phenoxy) is 1. The molecule has 4 rings (SSSR count). The smallest absolute Gasteiger partial charge is 0.264 e. The van der Waals surface area contributed by atoms with Crippen LogP contribution in [0, 0.1) is 19.3 Å². The van der Waals surface area contributed by atoms with Crippen LogP contribution in [0.3, 0.4) is 0 Å². The molecule has 2 heterocycles. The van der Waals surface area contributed by atoms with E-state index in [1.807, 2.05) is 60.8 Å². The molecule has 0 aliphatic rings. The van der Waals surface area contributed by atoms with Gasteiger partial charge in [0.15, 0.2) is 0 Å². The molecule has 0 saturated carbocycles. The Labute approximate surface area is 167 Å². The van der Waals surface area contributed by atoms with Crippen molar-refractivity contribution in [3.8, 4) is 40.6 Å². The van der Waals surface area contributed by atoms with E-state index in [2.05, 4.69) is 5.92 Å². The van der Waals surface area contributed by atoms with Gasteiger partial charge in [-0.3, -0.25) is 9.36 Å². The number of benzene rings is 2. The molecule has 0 saturated heterocycles. The molecule has 2 aromatic heterocycles. The van der Waals surface area contributed by atoms with Crippen LogP contribution in [0.15, 0.2) is 58.7 Å². The molecule has 0 atom stereocenters. The fraction of sp³-hybridized carbons (Fsp3) is 0.130. The van der Waals surface area contributed by atoms with Gasteiger partial charge in [-0.15, -0.1) is 17.8 Å². The maximum atomic E-state index is 13.4. The molecule has 0 fully saturated rings. The first-order valence-corrected chi connectivity index (χ1v) is 9.67. The Morgan fingerprint density at radius 1 is 1.18 bits per heavy atom. The van der Waals surface area contributed by atoms with Crippen LogP contribution in [0.25, 0.3) is 32.7 Å². The molecular weight excluding hydrogens is 368 g/mol. The number of aryl methyl sites for hydroxylation is 1. The summed E-state index contributed by atoms with van der Waals surface area (Å²) >= 11 is 1.46. The summed E-state index contributed by atoms with van der Waals surface area (Å²) < 4.78 is 6.89. The lowest BCUT2D eigenvalue weighted by atomic mass is 10.1. The van der Waals surface area contributed by atoms with E-state index < -0.39 is 0 Å². The van der Waals surface area contributed by atoms with Crippen molar-refractivity contribution in [1.82, 2.24) is 9.55 Å². The van der Waals surface area contributed by atoms with Crippen molar-refractivity contribution in [2.75, 3.05) is 7.11 Å². The van der Waals surface area contributed by atoms with Crippen LogP contribution in [0.4, 0.5) is 0 Å². The van der Waals surface area contributed by atoms with Gasteiger partial charge in [0, 0.05) is 16.5 Å². The lowest BCUT2D eigenvalue weighted by Crippen LogP contribution is -2.23. The third-order valence-corrected chi connectivity index (χ3v) is 5.51. The van der Waals surface area contributed by atoms with Crippen molar-refractivity contribution in [2.24, 2.45) is 0 Å². The van der Waals surface area contributed by atoms with E-state index in [4.69, 9.17) is 16.1 Å². The first kappa shape index (κ1) is 18.0. The van der Waals surface area contributed by atoms with E-state index in [0.29, 0.717) is 16.0 Å². The van der Waals surface area contributed by atoms with Gasteiger partial charge in [-0.1, -0.05) is 47.9 Å². The fourth-order valence-electron chi connectivity index (χ4n) is 3.19. The van der Waals surface area contributed by atoms with Gasteiger partial charge in [0.1, 0.15) is 16.4 Å². The molecule has 0 radical (unpaired) electrons. The number of nitrogens with zero attached hydrogens (tertiary/aromatic N) is 2. The molecular formula is C23H18N2O2S. The third-order valence-electron chi connectivity index (χ3n) is 4.63. The van der Waals surface area contributed by atoms with Crippen LogP contribution in [0.2, 0.25) is 0 Å². The zero-order chi connectivity index (χ0) is 19.7. The lowest BCUT2D eigenvalue weighted by Gasteiger charge is -2.11. The van der Waals surface area contributed by atoms with Gasteiger partial charge < -0.3 is 4.74 Å². The summed E-state index contributed by atoms with van der Waals surface area (Å²) in [7, 11) is 1.63. The highest BCUT2D eigenvalue weighted by Gasteiger charge is 2.18. The molecule has 0 unspecified atom stereocenters. The minimum atomic E-state index is -0.127. The van der Waals surface area contributed by atoms with Crippen molar-refractivity contribution in [3.63, 3.8) is 0 Å². The summed E-state index contributed by atoms with van der Waals surface area (Å²) in [6.45, 7) is 2.19. The van der Waals surface area contributed by atoms with Crippen LogP contribution in [-0.2, 0) is 6.54 Å². The second kappa shape index (κ2) is 7.34. The van der Waals surface area contributed by atoms with E-state index in [1.54, 1.807) is 11.7 Å². The molecule has 0 amide bonds. The molecule has 2 aromatic carbocycles. The Balaban J connectivity index is 1.98. The van der Waals surface area contributed by atoms with Gasteiger partial charge in [0.25, 0.3) is 5.56 Å². The standard InChI is InChI=1S/C23H18N2O2S/c1-4-12-25-21(16-10-8-15(2)9-11-16)24-22-20(23(25)26)19(14-28-22)17-6-5-7-18(13-17)27-3/h1,5-11,13-14H,12H2,2-3H3. The average molecular weight is 386 g/mol. The summed E-state index contributed by atoms with van der Waals surface area (Å²) in [4.78, 5) is 18.9. The van der Waals surface area contributed by atoms with Crippen LogP contribution >= 0.6 is 11.3 Å². The fourth-order valence-corrected chi connectivity index (χ4v) is 4.13. The molecule has 138 valence electrons. The molecule has 4 aromatic rings. The summed E-state index contributed by atoms with van der Waals surface area (Å²) in [5.41, 5.74) is 3.65. The van der Waals surface area contributed by atoms with Gasteiger partial charge in [0.2, 0.25) is 0 Å². The number of thiophene rings is 1. The van der Waals surface area contributed by atoms with E-state index in [1.165, 1.54) is 11.3 Å². The summed E-state index contributed by atoms with van der Waals surface area (Å²) in [5, 5.41) is 2.55. The number of hydrogen-bond acceptors (Lipinski definition) is 4. The Hall–Kier alpha value is -3.36. The van der Waals surface area contributed by atoms with Crippen LogP contribution in [0.5, 0.6) is 5.75 Å². The summed E-state index contributed by atoms with van der Waals surface area (Å²) in [5.74, 6) is 3.92. The SMILES string of the molecule is C#CCn1c(-c2ccc(C)cc2)nc2scc(-c3cccc(OC)c3)c2c1=O. The molecule has 4 nitrogen and oxygen atoms in total. The second-order valence-electron chi connectivity index (χ2n) is 6.46. The van der Waals surface area contributed by atoms with Gasteiger partial charge in [-0.05, 0) is 24.6 Å². The van der Waals surface area contributed by atoms with E-state index in [9.17, 15) is 4.79 Å². The minimum Gasteiger partial charge on any atom is -0.497 e. The maximum Gasteiger partial charge on any atom is 0.264 e. The molecule has 0 aliphatic heterocycles. The van der Waals surface area contributed by atoms with E-state index >= 15 is 0 Å². The van der Waals surface area contributed by atoms with Gasteiger partial charge in [0.05, 0.1) is 19.0 Å². The molecule has 5 heteroatoms. The predicted octanol–water partition coefficient (Wildman–Crippen LogP) is 4.74. The third kappa shape index (κ3) is 3.08. The normalized spacial score (nSPS) is 10.8. The quantitative estimate of drug-likeness (QED) is 0.476. The Kier molecular flexibility index (Phi) is 4.72. The van der Waals surface area contributed by atoms with Gasteiger partial charge in [-0.2, -0.15) is 0 Å². The molecule has 28 heavy (non-hydrogen) atoms. The molecule has 0 aliphatic carbocycles. The number of rotatable bonds is 4. The molecule has 0 bridgehead atoms. The highest BCUT2D eigenvalue weighted by molar-refractivity contribution is 7.17. The number of terminal acetylenes is 1. The van der Waals surface area contributed by atoms with E-state index in [0.717, 1.165) is 28.0 Å². The average Bonchev–Trinajstić information content (AvgIpc) is 3.15. The maximum absolute atomic E-state index is 13.4. The largest absolute Gasteiger partial charge is 0.497 e. The Bertz CT molecular complexity index is 1260. The highest BCUT2D eigenvalue weighted by atomic mass is 32.1. The lowest BCUT2D eigenvalue weighted by molar-refractivity contribution is 0.415. The number of hydrogen-bond donors (Lipinski definition) is 0. The van der Waals surface area contributed by atoms with Crippen LogP contribution in [0.1, 0.15) is 5.56 Å². The predicted molar refractivity (Wildman–Crippen MR) is 115 cm³/mol. The van der Waals surface area contributed by atoms with E-state index in [-0.39, 0.29) is 12.1 Å². The van der Waals surface area contributed by atoms with Crippen molar-refractivity contribution in [3.05, 3.63) is 69.8 Å². The summed E-state index contributed by atoms with van der Waals surface area (Å²) in [6.07, 6.45) is 5.56. The summed E-state index contributed by atoms with van der Waals surface area (Å²) in [6, 6.07) is 15.6. The first-order valence-electron chi connectivity index (χ1n) is 8.79. The van der Waals surface area contributed by atoms with Gasteiger partial charge >= 0.3 is 0 Å². The Morgan fingerprint density at radius 2 is 1.96 bits per heavy atom. The minimum absolute atomic E-state index is 0.127. The number of aromatic nitrogens is 2. The zero-order valence-corrected chi connectivity index (χ0v) is 16.4. The van der Waals surface area contributed by atoms with Crippen molar-refractivity contribution < 1.29 is 4.74 Å². The number of fused-ring (bicyclic) bond motifs is 1. The topological polar surface area (TPSA) is 44.1 Å². The van der Waals surface area contributed by atoms with Crippen molar-refractivity contribution in [1.29, 1.82) is 0 Å². The zero-order valence-electron chi connectivity index (χ0n) is 15.6. The second-order valence-corrected chi connectivity index (χ2v) is 7.32. The first-order chi connectivity index (χ1) is 13.6. The van der Waals surface area contributed by atoms with Gasteiger partial charge in [-0.25, -0.2) is 4.98 Å². The van der Waals surface area contributed by atoms with Crippen LogP contribution in [-0.4, -0.2) is 16.7 Å². The monoisotopic (exact) mass is 386 g/mol. The Morgan fingerprint density at radius 3 is 2.68 bits per heavy atom. The molecule has 0 N–H and O–H groups in total. The van der Waals surface area contributed by atoms with Crippen molar-refractivity contribution >= 4 is 21.6 Å². The molecule has 0 spiro atoms. The van der Waals surface area contributed by atoms with Crippen molar-refractivity contribution in [2.45, 2.75) is 13.5 Å². The number of methoxy groups -OCH3 is 1.